The number of unbranched alkanes of at least 4 members (excludes halogenated alkanes) is 15. The summed E-state index contributed by atoms with van der Waals surface area (Å²) < 4.78 is 11.2. The van der Waals surface area contributed by atoms with Crippen molar-refractivity contribution >= 4 is 5.97 Å². The van der Waals surface area contributed by atoms with E-state index in [9.17, 15) is 15.0 Å². The molecule has 0 aromatic carbocycles. The van der Waals surface area contributed by atoms with Gasteiger partial charge < -0.3 is 19.7 Å². The Morgan fingerprint density at radius 1 is 0.750 bits per heavy atom. The molecule has 5 nitrogen and oxygen atoms in total. The number of hydrogen-bond acceptors (Lipinski definition) is 5. The van der Waals surface area contributed by atoms with E-state index in [1.165, 1.54) is 89.9 Å². The summed E-state index contributed by atoms with van der Waals surface area (Å²) in [7, 11) is 0. The zero-order chi connectivity index (χ0) is 28.8. The van der Waals surface area contributed by atoms with Crippen LogP contribution in [-0.4, -0.2) is 46.7 Å². The molecule has 2 heterocycles. The molecule has 5 atom stereocenters. The number of esters is 1. The molecular weight excluding hydrogens is 500 g/mol. The Morgan fingerprint density at radius 3 is 1.88 bits per heavy atom. The zero-order valence-corrected chi connectivity index (χ0v) is 26.0. The first-order valence-electron chi connectivity index (χ1n) is 17.1. The third kappa shape index (κ3) is 15.7. The van der Waals surface area contributed by atoms with Crippen LogP contribution < -0.4 is 0 Å². The van der Waals surface area contributed by atoms with Gasteiger partial charge in [0.25, 0.3) is 0 Å². The monoisotopic (exact) mass is 562 g/mol. The lowest BCUT2D eigenvalue weighted by molar-refractivity contribution is -0.139. The number of aliphatic hydroxyl groups is 2. The van der Waals surface area contributed by atoms with Gasteiger partial charge in [0.2, 0.25) is 0 Å². The summed E-state index contributed by atoms with van der Waals surface area (Å²) in [4.78, 5) is 11.6. The van der Waals surface area contributed by atoms with Crippen molar-refractivity contribution in [2.24, 2.45) is 0 Å². The van der Waals surface area contributed by atoms with Gasteiger partial charge in [0.15, 0.2) is 0 Å². The van der Waals surface area contributed by atoms with Crippen LogP contribution in [0, 0.1) is 0 Å². The van der Waals surface area contributed by atoms with E-state index in [0.29, 0.717) is 0 Å². The minimum absolute atomic E-state index is 0.0462. The van der Waals surface area contributed by atoms with E-state index < -0.39 is 12.2 Å². The van der Waals surface area contributed by atoms with Crippen LogP contribution in [-0.2, 0) is 14.3 Å². The molecule has 0 spiro atoms. The third-order valence-electron chi connectivity index (χ3n) is 8.65. The van der Waals surface area contributed by atoms with Gasteiger partial charge >= 0.3 is 5.97 Å². The summed E-state index contributed by atoms with van der Waals surface area (Å²) in [5.41, 5.74) is 0.867. The topological polar surface area (TPSA) is 76.0 Å². The molecule has 0 aromatic rings. The SMILES string of the molecule is CCCCCCCC/C=C\CC[C@@H](O)[C@H]1CC[C@H]([C@H](O)CCCCCCCCCCCCC2=C[C@H](C)OC2=O)O1. The number of carbonyl (C=O) groups is 1. The van der Waals surface area contributed by atoms with E-state index in [-0.39, 0.29) is 24.3 Å². The number of aliphatic hydroxyl groups excluding tert-OH is 2. The maximum absolute atomic E-state index is 11.6. The smallest absolute Gasteiger partial charge is 0.334 e. The average molecular weight is 563 g/mol. The lowest BCUT2D eigenvalue weighted by Gasteiger charge is -2.22. The van der Waals surface area contributed by atoms with Crippen molar-refractivity contribution in [3.05, 3.63) is 23.8 Å². The van der Waals surface area contributed by atoms with E-state index in [1.807, 2.05) is 13.0 Å². The minimum atomic E-state index is -0.428. The van der Waals surface area contributed by atoms with Crippen molar-refractivity contribution in [3.8, 4) is 0 Å². The molecule has 0 aliphatic carbocycles. The minimum Gasteiger partial charge on any atom is -0.455 e. The summed E-state index contributed by atoms with van der Waals surface area (Å²) in [6, 6.07) is 0. The first kappa shape index (κ1) is 35.0. The predicted octanol–water partition coefficient (Wildman–Crippen LogP) is 8.90. The fourth-order valence-corrected chi connectivity index (χ4v) is 6.07. The first-order chi connectivity index (χ1) is 19.5. The zero-order valence-electron chi connectivity index (χ0n) is 26.0. The van der Waals surface area contributed by atoms with Crippen LogP contribution in [0.2, 0.25) is 0 Å². The standard InChI is InChI=1S/C35H62O5/c1-3-4-5-6-7-8-12-15-18-21-24-31(36)33-26-27-34(40-33)32(37)25-22-19-16-13-10-9-11-14-17-20-23-30-28-29(2)39-35(30)38/h15,18,28-29,31-34,36-37H,3-14,16-17,19-27H2,1-2H3/b18-15-/t29-,31+,32+,33+,34+/m0/s1. The summed E-state index contributed by atoms with van der Waals surface area (Å²) in [5.74, 6) is -0.119. The second kappa shape index (κ2) is 22.4. The molecule has 0 amide bonds. The summed E-state index contributed by atoms with van der Waals surface area (Å²) in [5, 5.41) is 21.2. The van der Waals surface area contributed by atoms with Crippen LogP contribution >= 0.6 is 0 Å². The van der Waals surface area contributed by atoms with Crippen LogP contribution in [0.1, 0.15) is 162 Å². The highest BCUT2D eigenvalue weighted by Gasteiger charge is 2.33. The van der Waals surface area contributed by atoms with Gasteiger partial charge in [-0.1, -0.05) is 109 Å². The highest BCUT2D eigenvalue weighted by molar-refractivity contribution is 5.90. The van der Waals surface area contributed by atoms with Gasteiger partial charge in [-0.3, -0.25) is 0 Å². The molecule has 2 rings (SSSR count). The Balaban J connectivity index is 1.37. The van der Waals surface area contributed by atoms with Gasteiger partial charge in [-0.2, -0.15) is 0 Å². The number of cyclic esters (lactones) is 1. The van der Waals surface area contributed by atoms with Crippen LogP contribution in [0.4, 0.5) is 0 Å². The fraction of sp³-hybridized carbons (Fsp3) is 0.857. The lowest BCUT2D eigenvalue weighted by Crippen LogP contribution is -2.30. The van der Waals surface area contributed by atoms with Crippen LogP contribution in [0.3, 0.4) is 0 Å². The molecule has 40 heavy (non-hydrogen) atoms. The van der Waals surface area contributed by atoms with Crippen molar-refractivity contribution in [2.75, 3.05) is 0 Å². The molecule has 1 saturated heterocycles. The maximum Gasteiger partial charge on any atom is 0.334 e. The van der Waals surface area contributed by atoms with Crippen LogP contribution in [0.25, 0.3) is 0 Å². The van der Waals surface area contributed by atoms with Gasteiger partial charge in [0.05, 0.1) is 24.4 Å². The van der Waals surface area contributed by atoms with E-state index in [0.717, 1.165) is 63.4 Å². The third-order valence-corrected chi connectivity index (χ3v) is 8.65. The average Bonchev–Trinajstić information content (AvgIpc) is 3.56. The molecule has 1 fully saturated rings. The van der Waals surface area contributed by atoms with E-state index in [1.54, 1.807) is 0 Å². The largest absolute Gasteiger partial charge is 0.455 e. The van der Waals surface area contributed by atoms with Crippen molar-refractivity contribution in [2.45, 2.75) is 192 Å². The number of hydrogen-bond donors (Lipinski definition) is 2. The van der Waals surface area contributed by atoms with Crippen LogP contribution in [0.15, 0.2) is 23.8 Å². The van der Waals surface area contributed by atoms with E-state index in [4.69, 9.17) is 9.47 Å². The highest BCUT2D eigenvalue weighted by Crippen LogP contribution is 2.28. The molecule has 0 saturated carbocycles. The Hall–Kier alpha value is -1.17. The molecule has 5 heteroatoms. The van der Waals surface area contributed by atoms with Crippen molar-refractivity contribution < 1.29 is 24.5 Å². The van der Waals surface area contributed by atoms with Gasteiger partial charge in [0, 0.05) is 5.57 Å². The molecule has 0 bridgehead atoms. The van der Waals surface area contributed by atoms with Crippen molar-refractivity contribution in [1.29, 1.82) is 0 Å². The summed E-state index contributed by atoms with van der Waals surface area (Å²) in [6.45, 7) is 4.17. The van der Waals surface area contributed by atoms with Gasteiger partial charge in [0.1, 0.15) is 6.10 Å². The molecular formula is C35H62O5. The molecule has 2 aliphatic rings. The number of carbonyl (C=O) groups excluding carboxylic acids is 1. The molecule has 0 unspecified atom stereocenters. The number of rotatable bonds is 25. The quantitative estimate of drug-likeness (QED) is 0.0660. The van der Waals surface area contributed by atoms with Crippen molar-refractivity contribution in [3.63, 3.8) is 0 Å². The molecule has 2 aliphatic heterocycles. The lowest BCUT2D eigenvalue weighted by atomic mass is 10.0. The van der Waals surface area contributed by atoms with Gasteiger partial charge in [-0.25, -0.2) is 4.79 Å². The Labute approximate surface area is 246 Å². The summed E-state index contributed by atoms with van der Waals surface area (Å²) >= 11 is 0. The van der Waals surface area contributed by atoms with E-state index in [2.05, 4.69) is 19.1 Å². The number of ether oxygens (including phenoxy) is 2. The number of allylic oxidation sites excluding steroid dienone is 2. The second-order valence-corrected chi connectivity index (χ2v) is 12.4. The van der Waals surface area contributed by atoms with Gasteiger partial charge in [-0.15, -0.1) is 0 Å². The second-order valence-electron chi connectivity index (χ2n) is 12.4. The molecule has 0 aromatic heterocycles. The fourth-order valence-electron chi connectivity index (χ4n) is 6.07. The molecule has 232 valence electrons. The summed E-state index contributed by atoms with van der Waals surface area (Å²) in [6.07, 6.45) is 31.6. The first-order valence-corrected chi connectivity index (χ1v) is 17.1. The highest BCUT2D eigenvalue weighted by atomic mass is 16.5. The molecule has 2 N–H and O–H groups in total. The Bertz CT molecular complexity index is 702. The van der Waals surface area contributed by atoms with Crippen molar-refractivity contribution in [1.82, 2.24) is 0 Å². The van der Waals surface area contributed by atoms with E-state index >= 15 is 0 Å². The maximum atomic E-state index is 11.6. The van der Waals surface area contributed by atoms with Crippen LogP contribution in [0.5, 0.6) is 0 Å². The Morgan fingerprint density at radius 2 is 1.27 bits per heavy atom. The molecule has 0 radical (unpaired) electrons. The predicted molar refractivity (Wildman–Crippen MR) is 165 cm³/mol. The Kier molecular flexibility index (Phi) is 19.6. The normalized spacial score (nSPS) is 22.6. The van der Waals surface area contributed by atoms with Gasteiger partial charge in [-0.05, 0) is 70.8 Å².